The molecule has 0 aliphatic heterocycles. The Hall–Kier alpha value is -3.74. The van der Waals surface area contributed by atoms with Gasteiger partial charge >= 0.3 is 6.18 Å². The van der Waals surface area contributed by atoms with E-state index in [1.807, 2.05) is 0 Å². The maximum atomic E-state index is 13.1. The molecule has 8 nitrogen and oxygen atoms in total. The molecule has 1 amide bonds. The van der Waals surface area contributed by atoms with Crippen LogP contribution in [-0.4, -0.2) is 33.4 Å². The first kappa shape index (κ1) is 23.9. The molecule has 1 aromatic heterocycles. The highest BCUT2D eigenvalue weighted by Crippen LogP contribution is 2.32. The second-order valence-electron chi connectivity index (χ2n) is 6.60. The lowest BCUT2D eigenvalue weighted by Gasteiger charge is -2.13. The zero-order chi connectivity index (χ0) is 24.2. The van der Waals surface area contributed by atoms with Crippen LogP contribution in [0.3, 0.4) is 0 Å². The summed E-state index contributed by atoms with van der Waals surface area (Å²) in [6.07, 6.45) is -3.68. The van der Waals surface area contributed by atoms with Gasteiger partial charge in [0, 0.05) is 16.8 Å². The molecule has 0 fully saturated rings. The van der Waals surface area contributed by atoms with Gasteiger partial charge in [-0.3, -0.25) is 4.79 Å². The van der Waals surface area contributed by atoms with Gasteiger partial charge in [-0.1, -0.05) is 6.07 Å². The summed E-state index contributed by atoms with van der Waals surface area (Å²) in [4.78, 5) is 12.9. The number of ether oxygens (including phenoxy) is 2. The summed E-state index contributed by atoms with van der Waals surface area (Å²) in [6.45, 7) is -1.05. The molecule has 0 saturated carbocycles. The van der Waals surface area contributed by atoms with Crippen molar-refractivity contribution in [2.75, 3.05) is 18.4 Å². The van der Waals surface area contributed by atoms with E-state index in [1.165, 1.54) is 54.8 Å². The van der Waals surface area contributed by atoms with Gasteiger partial charge < -0.3 is 14.8 Å². The van der Waals surface area contributed by atoms with Crippen LogP contribution < -0.4 is 14.8 Å². The Morgan fingerprint density at radius 2 is 1.76 bits per heavy atom. The van der Waals surface area contributed by atoms with Crippen molar-refractivity contribution in [3.05, 3.63) is 65.9 Å². The van der Waals surface area contributed by atoms with E-state index in [2.05, 4.69) is 20.3 Å². The second kappa shape index (κ2) is 9.40. The normalized spacial score (nSPS) is 13.1. The summed E-state index contributed by atoms with van der Waals surface area (Å²) in [7, 11) is -3.09. The highest BCUT2D eigenvalue weighted by molar-refractivity contribution is 7.91. The second-order valence-corrected chi connectivity index (χ2v) is 8.76. The van der Waals surface area contributed by atoms with Crippen molar-refractivity contribution in [2.24, 2.45) is 0 Å². The van der Waals surface area contributed by atoms with Gasteiger partial charge in [0.1, 0.15) is 17.1 Å². The number of carbonyl (C=O) groups is 1. The van der Waals surface area contributed by atoms with Gasteiger partial charge in [-0.25, -0.2) is 13.4 Å². The number of hydrogen-bond acceptors (Lipinski definition) is 7. The van der Waals surface area contributed by atoms with Gasteiger partial charge in [0.2, 0.25) is 6.86 Å². The summed E-state index contributed by atoms with van der Waals surface area (Å²) in [5.74, 6) is -1.27. The van der Waals surface area contributed by atoms with Crippen LogP contribution in [0.15, 0.2) is 59.5 Å². The Morgan fingerprint density at radius 1 is 1.09 bits per heavy atom. The van der Waals surface area contributed by atoms with Crippen molar-refractivity contribution in [2.45, 2.75) is 11.1 Å². The minimum absolute atomic E-state index is 0.0752. The van der Waals surface area contributed by atoms with Crippen LogP contribution in [0.2, 0.25) is 0 Å². The van der Waals surface area contributed by atoms with Gasteiger partial charge in [-0.15, -0.1) is 10.2 Å². The monoisotopic (exact) mass is 484 g/mol. The third kappa shape index (κ3) is 6.16. The van der Waals surface area contributed by atoms with Crippen molar-refractivity contribution in [1.82, 2.24) is 10.2 Å². The first-order chi connectivity index (χ1) is 15.5. The Morgan fingerprint density at radius 3 is 2.36 bits per heavy atom. The van der Waals surface area contributed by atoms with Gasteiger partial charge in [0.15, 0.2) is 5.69 Å². The predicted molar refractivity (Wildman–Crippen MR) is 110 cm³/mol. The molecule has 2 aromatic carbocycles. The summed E-state index contributed by atoms with van der Waals surface area (Å²) in [6, 6.07) is 11.4. The Balaban J connectivity index is 1.95. The third-order valence-electron chi connectivity index (χ3n) is 4.10. The van der Waals surface area contributed by atoms with Gasteiger partial charge in [0.25, 0.3) is 11.8 Å². The number of hydrogen-bond donors (Lipinski definition) is 2. The molecule has 0 radical (unpaired) electrons. The molecule has 13 heteroatoms. The third-order valence-corrected chi connectivity index (χ3v) is 5.25. The standard InChI is InChI=1S/C20H16F4N4O4S/c1-33(25,30)15-4-2-3-12(9-15)26-18(29)16-10-17(20(22,23)24)27-28-19(16)32-14-7-5-13(6-8-14)31-11-21/h2-10,25H,11H2,1H3,(H,26,29). The molecule has 174 valence electrons. The van der Waals surface area contributed by atoms with Crippen LogP contribution in [0.1, 0.15) is 16.1 Å². The highest BCUT2D eigenvalue weighted by Gasteiger charge is 2.35. The van der Waals surface area contributed by atoms with Crippen molar-refractivity contribution >= 4 is 21.3 Å². The lowest BCUT2D eigenvalue weighted by molar-refractivity contribution is -0.141. The fourth-order valence-corrected chi connectivity index (χ4v) is 3.24. The van der Waals surface area contributed by atoms with Crippen LogP contribution in [0.4, 0.5) is 23.2 Å². The van der Waals surface area contributed by atoms with Crippen LogP contribution in [0, 0.1) is 4.78 Å². The largest absolute Gasteiger partial charge is 0.463 e. The fraction of sp³-hybridized carbons (Fsp3) is 0.150. The zero-order valence-electron chi connectivity index (χ0n) is 16.9. The van der Waals surface area contributed by atoms with Crippen LogP contribution in [-0.2, 0) is 15.9 Å². The number of halogens is 4. The molecule has 0 saturated heterocycles. The Bertz CT molecular complexity index is 1270. The smallest absolute Gasteiger partial charge is 0.435 e. The molecule has 33 heavy (non-hydrogen) atoms. The number of anilines is 1. The van der Waals surface area contributed by atoms with Gasteiger partial charge in [0.05, 0.1) is 9.73 Å². The number of aromatic nitrogens is 2. The SMILES string of the molecule is CS(=N)(=O)c1cccc(NC(=O)c2cc(C(F)(F)F)nnc2Oc2ccc(OCF)cc2)c1. The number of alkyl halides is 4. The highest BCUT2D eigenvalue weighted by atomic mass is 32.2. The van der Waals surface area contributed by atoms with Gasteiger partial charge in [-0.2, -0.15) is 13.2 Å². The van der Waals surface area contributed by atoms with E-state index >= 15 is 0 Å². The van der Waals surface area contributed by atoms with Crippen LogP contribution in [0.25, 0.3) is 0 Å². The number of benzene rings is 2. The lowest BCUT2D eigenvalue weighted by Crippen LogP contribution is -2.18. The average molecular weight is 484 g/mol. The minimum Gasteiger partial charge on any atom is -0.463 e. The molecule has 1 heterocycles. The quantitative estimate of drug-likeness (QED) is 0.462. The van der Waals surface area contributed by atoms with Crippen molar-refractivity contribution in [3.8, 4) is 17.4 Å². The lowest BCUT2D eigenvalue weighted by atomic mass is 10.2. The van der Waals surface area contributed by atoms with Crippen molar-refractivity contribution < 1.29 is 36.0 Å². The molecule has 0 bridgehead atoms. The summed E-state index contributed by atoms with van der Waals surface area (Å²) in [5, 5.41) is 8.85. The van der Waals surface area contributed by atoms with E-state index in [0.29, 0.717) is 6.07 Å². The first-order valence-electron chi connectivity index (χ1n) is 9.04. The number of amides is 1. The predicted octanol–water partition coefficient (Wildman–Crippen LogP) is 4.88. The molecule has 1 unspecified atom stereocenters. The maximum Gasteiger partial charge on any atom is 0.435 e. The number of rotatable bonds is 7. The topological polar surface area (TPSA) is 114 Å². The Kier molecular flexibility index (Phi) is 6.81. The van der Waals surface area contributed by atoms with Crippen molar-refractivity contribution in [1.29, 1.82) is 4.78 Å². The summed E-state index contributed by atoms with van der Waals surface area (Å²) in [5.41, 5.74) is -1.89. The molecule has 0 aliphatic rings. The molecule has 0 spiro atoms. The zero-order valence-corrected chi connectivity index (χ0v) is 17.7. The first-order valence-corrected chi connectivity index (χ1v) is 11.0. The molecular formula is C20H16F4N4O4S. The molecule has 3 aromatic rings. The van der Waals surface area contributed by atoms with Crippen LogP contribution in [0.5, 0.6) is 17.4 Å². The average Bonchev–Trinajstić information content (AvgIpc) is 2.74. The number of nitrogens with one attached hydrogen (secondary N) is 2. The molecule has 3 rings (SSSR count). The van der Waals surface area contributed by atoms with E-state index in [1.54, 1.807) is 0 Å². The van der Waals surface area contributed by atoms with Crippen molar-refractivity contribution in [3.63, 3.8) is 0 Å². The molecule has 2 N–H and O–H groups in total. The van der Waals surface area contributed by atoms with E-state index in [-0.39, 0.29) is 22.1 Å². The molecule has 0 aliphatic carbocycles. The maximum absolute atomic E-state index is 13.1. The van der Waals surface area contributed by atoms with Gasteiger partial charge in [-0.05, 0) is 48.5 Å². The fourth-order valence-electron chi connectivity index (χ4n) is 2.55. The number of carbonyl (C=O) groups excluding carboxylic acids is 1. The Labute approximate surface area is 185 Å². The van der Waals surface area contributed by atoms with E-state index in [0.717, 1.165) is 0 Å². The molecular weight excluding hydrogens is 468 g/mol. The number of nitrogens with zero attached hydrogens (tertiary/aromatic N) is 2. The minimum atomic E-state index is -4.87. The molecule has 1 atom stereocenters. The summed E-state index contributed by atoms with van der Waals surface area (Å²) >= 11 is 0. The summed E-state index contributed by atoms with van der Waals surface area (Å²) < 4.78 is 81.3. The van der Waals surface area contributed by atoms with Crippen LogP contribution >= 0.6 is 0 Å². The van der Waals surface area contributed by atoms with E-state index < -0.39 is 45.8 Å². The van der Waals surface area contributed by atoms with E-state index in [4.69, 9.17) is 9.52 Å². The van der Waals surface area contributed by atoms with E-state index in [9.17, 15) is 26.6 Å².